The zero-order chi connectivity index (χ0) is 23.4. The molecular formula is C25H29FN4O3. The number of benzene rings is 1. The molecule has 1 atom stereocenters. The molecule has 1 saturated heterocycles. The van der Waals surface area contributed by atoms with Crippen LogP contribution in [0.2, 0.25) is 0 Å². The van der Waals surface area contributed by atoms with Gasteiger partial charge in [0.1, 0.15) is 17.0 Å². The molecule has 1 N–H and O–H groups in total. The Hall–Kier alpha value is -3.26. The zero-order valence-electron chi connectivity index (χ0n) is 19.0. The highest BCUT2D eigenvalue weighted by Gasteiger charge is 2.35. The van der Waals surface area contributed by atoms with Crippen molar-refractivity contribution in [1.29, 1.82) is 0 Å². The van der Waals surface area contributed by atoms with Crippen LogP contribution in [-0.2, 0) is 27.2 Å². The number of nitrogens with zero attached hydrogens (tertiary/aromatic N) is 3. The van der Waals surface area contributed by atoms with Gasteiger partial charge in [-0.1, -0.05) is 18.2 Å². The summed E-state index contributed by atoms with van der Waals surface area (Å²) >= 11 is 0. The van der Waals surface area contributed by atoms with Gasteiger partial charge < -0.3 is 19.4 Å². The monoisotopic (exact) mass is 452 g/mol. The summed E-state index contributed by atoms with van der Waals surface area (Å²) in [7, 11) is 0. The zero-order valence-corrected chi connectivity index (χ0v) is 19.0. The van der Waals surface area contributed by atoms with Crippen molar-refractivity contribution in [3.63, 3.8) is 0 Å². The van der Waals surface area contributed by atoms with Crippen molar-refractivity contribution in [2.24, 2.45) is 5.92 Å². The molecule has 1 aliphatic heterocycles. The second-order valence-electron chi connectivity index (χ2n) is 9.10. The molecule has 0 spiro atoms. The first-order valence-corrected chi connectivity index (χ1v) is 11.1. The molecule has 1 aliphatic rings. The van der Waals surface area contributed by atoms with Gasteiger partial charge in [-0.15, -0.1) is 0 Å². The number of hydrogen-bond acceptors (Lipinski definition) is 4. The van der Waals surface area contributed by atoms with Gasteiger partial charge in [0.15, 0.2) is 0 Å². The minimum absolute atomic E-state index is 0.0828. The number of imidazole rings is 1. The second-order valence-corrected chi connectivity index (χ2v) is 9.10. The van der Waals surface area contributed by atoms with E-state index < -0.39 is 5.54 Å². The number of ether oxygens (including phenoxy) is 1. The SMILES string of the molecule is CC(C)(NC(=O)Cc1ccc(F)cc1)C(=O)N1CCOC[C@@H](Cc2ccc3nccn3c2)C1. The molecule has 3 heterocycles. The Morgan fingerprint density at radius 1 is 1.18 bits per heavy atom. The van der Waals surface area contributed by atoms with Gasteiger partial charge in [0.2, 0.25) is 11.8 Å². The van der Waals surface area contributed by atoms with Gasteiger partial charge >= 0.3 is 0 Å². The number of nitrogens with one attached hydrogen (secondary N) is 1. The van der Waals surface area contributed by atoms with Crippen molar-refractivity contribution in [3.05, 3.63) is 71.9 Å². The molecule has 0 saturated carbocycles. The van der Waals surface area contributed by atoms with Crippen LogP contribution in [0.25, 0.3) is 5.65 Å². The number of pyridine rings is 1. The van der Waals surface area contributed by atoms with Crippen molar-refractivity contribution >= 4 is 17.5 Å². The first kappa shape index (κ1) is 22.9. The lowest BCUT2D eigenvalue weighted by atomic mass is 9.98. The van der Waals surface area contributed by atoms with Gasteiger partial charge in [0.25, 0.3) is 0 Å². The third-order valence-corrected chi connectivity index (χ3v) is 5.86. The van der Waals surface area contributed by atoms with Crippen molar-refractivity contribution in [2.45, 2.75) is 32.2 Å². The average molecular weight is 453 g/mol. The van der Waals surface area contributed by atoms with Crippen LogP contribution >= 0.6 is 0 Å². The molecule has 8 heteroatoms. The highest BCUT2D eigenvalue weighted by Crippen LogP contribution is 2.18. The van der Waals surface area contributed by atoms with Crippen LogP contribution < -0.4 is 5.32 Å². The van der Waals surface area contributed by atoms with E-state index in [0.717, 1.165) is 17.6 Å². The summed E-state index contributed by atoms with van der Waals surface area (Å²) in [6.45, 7) is 5.49. The van der Waals surface area contributed by atoms with Crippen LogP contribution in [0, 0.1) is 11.7 Å². The maximum atomic E-state index is 13.3. The molecule has 0 radical (unpaired) electrons. The maximum Gasteiger partial charge on any atom is 0.247 e. The van der Waals surface area contributed by atoms with Gasteiger partial charge in [0, 0.05) is 37.6 Å². The first-order chi connectivity index (χ1) is 15.8. The van der Waals surface area contributed by atoms with Crippen molar-refractivity contribution in [2.75, 3.05) is 26.3 Å². The third-order valence-electron chi connectivity index (χ3n) is 5.86. The standard InChI is InChI=1S/C25H29FN4O3/c1-25(2,28-23(31)14-18-3-6-21(26)7-4-18)24(32)30-11-12-33-17-20(16-30)13-19-5-8-22-27-9-10-29(22)15-19/h3-10,15,20H,11-14,16-17H2,1-2H3,(H,28,31)/t20-/m0/s1. The summed E-state index contributed by atoms with van der Waals surface area (Å²) in [4.78, 5) is 31.9. The summed E-state index contributed by atoms with van der Waals surface area (Å²) in [5, 5.41) is 2.84. The first-order valence-electron chi connectivity index (χ1n) is 11.1. The lowest BCUT2D eigenvalue weighted by molar-refractivity contribution is -0.140. The Kier molecular flexibility index (Phi) is 6.74. The molecule has 0 bridgehead atoms. The molecule has 174 valence electrons. The quantitative estimate of drug-likeness (QED) is 0.624. The molecule has 7 nitrogen and oxygen atoms in total. The maximum absolute atomic E-state index is 13.3. The molecule has 0 aliphatic carbocycles. The highest BCUT2D eigenvalue weighted by molar-refractivity contribution is 5.91. The molecule has 3 aromatic rings. The van der Waals surface area contributed by atoms with Crippen LogP contribution in [0.4, 0.5) is 4.39 Å². The van der Waals surface area contributed by atoms with Gasteiger partial charge in [-0.25, -0.2) is 9.37 Å². The lowest BCUT2D eigenvalue weighted by Gasteiger charge is -2.33. The van der Waals surface area contributed by atoms with E-state index in [1.165, 1.54) is 12.1 Å². The van der Waals surface area contributed by atoms with Gasteiger partial charge in [-0.3, -0.25) is 9.59 Å². The molecule has 1 fully saturated rings. The van der Waals surface area contributed by atoms with E-state index >= 15 is 0 Å². The Bertz CT molecular complexity index is 1130. The number of amides is 2. The van der Waals surface area contributed by atoms with E-state index in [1.54, 1.807) is 37.1 Å². The Morgan fingerprint density at radius 3 is 2.73 bits per heavy atom. The van der Waals surface area contributed by atoms with E-state index in [4.69, 9.17) is 4.74 Å². The van der Waals surface area contributed by atoms with E-state index in [0.29, 0.717) is 31.9 Å². The topological polar surface area (TPSA) is 75.9 Å². The van der Waals surface area contributed by atoms with E-state index in [-0.39, 0.29) is 30.0 Å². The number of rotatable bonds is 6. The fraction of sp³-hybridized carbons (Fsp3) is 0.400. The Labute approximate surface area is 192 Å². The molecule has 1 aromatic carbocycles. The fourth-order valence-electron chi connectivity index (χ4n) is 4.24. The number of carbonyl (C=O) groups excluding carboxylic acids is 2. The number of carbonyl (C=O) groups is 2. The fourth-order valence-corrected chi connectivity index (χ4v) is 4.24. The minimum atomic E-state index is -1.07. The van der Waals surface area contributed by atoms with Crippen LogP contribution in [0.1, 0.15) is 25.0 Å². The van der Waals surface area contributed by atoms with E-state index in [2.05, 4.69) is 22.6 Å². The van der Waals surface area contributed by atoms with Crippen molar-refractivity contribution in [3.8, 4) is 0 Å². The van der Waals surface area contributed by atoms with Gasteiger partial charge in [0.05, 0.1) is 19.6 Å². The number of aromatic nitrogens is 2. The summed E-state index contributed by atoms with van der Waals surface area (Å²) in [6, 6.07) is 9.82. The summed E-state index contributed by atoms with van der Waals surface area (Å²) in [5.74, 6) is -0.632. The highest BCUT2D eigenvalue weighted by atomic mass is 19.1. The normalized spacial score (nSPS) is 17.1. The van der Waals surface area contributed by atoms with Crippen LogP contribution in [-0.4, -0.2) is 57.9 Å². The summed E-state index contributed by atoms with van der Waals surface area (Å²) < 4.78 is 20.9. The van der Waals surface area contributed by atoms with Crippen molar-refractivity contribution < 1.29 is 18.7 Å². The molecule has 2 aromatic heterocycles. The van der Waals surface area contributed by atoms with Crippen molar-refractivity contribution in [1.82, 2.24) is 19.6 Å². The van der Waals surface area contributed by atoms with E-state index in [9.17, 15) is 14.0 Å². The van der Waals surface area contributed by atoms with Crippen LogP contribution in [0.3, 0.4) is 0 Å². The summed E-state index contributed by atoms with van der Waals surface area (Å²) in [5.41, 5.74) is 1.66. The smallest absolute Gasteiger partial charge is 0.247 e. The largest absolute Gasteiger partial charge is 0.379 e. The molecule has 4 rings (SSSR count). The number of hydrogen-bond donors (Lipinski definition) is 1. The molecule has 2 amide bonds. The Balaban J connectivity index is 1.38. The van der Waals surface area contributed by atoms with Crippen LogP contribution in [0.15, 0.2) is 55.0 Å². The lowest BCUT2D eigenvalue weighted by Crippen LogP contribution is -2.57. The minimum Gasteiger partial charge on any atom is -0.379 e. The average Bonchev–Trinajstić information content (AvgIpc) is 3.12. The molecule has 33 heavy (non-hydrogen) atoms. The predicted molar refractivity (Wildman–Crippen MR) is 122 cm³/mol. The molecular weight excluding hydrogens is 423 g/mol. The number of fused-ring (bicyclic) bond motifs is 1. The second kappa shape index (κ2) is 9.70. The summed E-state index contributed by atoms with van der Waals surface area (Å²) in [6.07, 6.45) is 6.59. The number of halogens is 1. The van der Waals surface area contributed by atoms with Gasteiger partial charge in [-0.2, -0.15) is 0 Å². The Morgan fingerprint density at radius 2 is 1.94 bits per heavy atom. The van der Waals surface area contributed by atoms with E-state index in [1.807, 2.05) is 16.7 Å². The van der Waals surface area contributed by atoms with Crippen LogP contribution in [0.5, 0.6) is 0 Å². The third kappa shape index (κ3) is 5.76. The van der Waals surface area contributed by atoms with Gasteiger partial charge in [-0.05, 0) is 49.6 Å². The predicted octanol–water partition coefficient (Wildman–Crippen LogP) is 2.63. The molecule has 0 unspecified atom stereocenters.